The van der Waals surface area contributed by atoms with E-state index in [1.165, 1.54) is 10.4 Å². The molecule has 1 saturated heterocycles. The second kappa shape index (κ2) is 5.95. The third-order valence-corrected chi connectivity index (χ3v) is 5.75. The molecule has 1 aromatic carbocycles. The normalized spacial score (nSPS) is 21.9. The van der Waals surface area contributed by atoms with Gasteiger partial charge in [-0.05, 0) is 12.8 Å². The number of piperidine rings is 1. The van der Waals surface area contributed by atoms with Gasteiger partial charge in [0.2, 0.25) is 10.0 Å². The van der Waals surface area contributed by atoms with Crippen LogP contribution in [0.2, 0.25) is 0 Å². The first kappa shape index (κ1) is 16.0. The maximum Gasteiger partial charge on any atom is 0.293 e. The van der Waals surface area contributed by atoms with Gasteiger partial charge < -0.3 is 15.2 Å². The summed E-state index contributed by atoms with van der Waals surface area (Å²) in [6.45, 7) is 0.964. The second-order valence-corrected chi connectivity index (χ2v) is 7.39. The van der Waals surface area contributed by atoms with Crippen molar-refractivity contribution in [2.24, 2.45) is 5.73 Å². The van der Waals surface area contributed by atoms with Crippen LogP contribution in [0.1, 0.15) is 12.8 Å². The minimum absolute atomic E-state index is 0.147. The highest BCUT2D eigenvalue weighted by atomic mass is 32.2. The third kappa shape index (κ3) is 2.96. The van der Waals surface area contributed by atoms with Crippen molar-refractivity contribution < 1.29 is 22.8 Å². The smallest absolute Gasteiger partial charge is 0.293 e. The van der Waals surface area contributed by atoms with Crippen LogP contribution < -0.4 is 15.2 Å². The maximum absolute atomic E-state index is 12.8. The number of nitrogens with two attached hydrogens (primary N) is 1. The van der Waals surface area contributed by atoms with E-state index in [1.54, 1.807) is 0 Å². The first-order chi connectivity index (χ1) is 10.9. The Bertz CT molecular complexity index is 735. The molecule has 1 unspecified atom stereocenters. The van der Waals surface area contributed by atoms with Crippen LogP contribution in [0.5, 0.6) is 11.5 Å². The van der Waals surface area contributed by atoms with Crippen LogP contribution in [0.15, 0.2) is 17.0 Å². The highest BCUT2D eigenvalue weighted by Gasteiger charge is 2.36. The lowest BCUT2D eigenvalue weighted by atomic mass is 10.1. The molecule has 126 valence electrons. The molecule has 0 aliphatic carbocycles. The second-order valence-electron chi connectivity index (χ2n) is 5.49. The van der Waals surface area contributed by atoms with Gasteiger partial charge in [-0.2, -0.15) is 4.31 Å². The Balaban J connectivity index is 2.08. The molecular formula is C13H17N3O6S. The van der Waals surface area contributed by atoms with Crippen molar-refractivity contribution in [1.29, 1.82) is 0 Å². The molecule has 2 heterocycles. The first-order valence-corrected chi connectivity index (χ1v) is 8.67. The van der Waals surface area contributed by atoms with Gasteiger partial charge in [0.05, 0.1) is 11.0 Å². The maximum atomic E-state index is 12.8. The van der Waals surface area contributed by atoms with E-state index in [9.17, 15) is 18.5 Å². The fourth-order valence-corrected chi connectivity index (χ4v) is 4.43. The lowest BCUT2D eigenvalue weighted by Gasteiger charge is -2.30. The largest absolute Gasteiger partial charge is 0.486 e. The van der Waals surface area contributed by atoms with Gasteiger partial charge in [0.1, 0.15) is 13.2 Å². The summed E-state index contributed by atoms with van der Waals surface area (Å²) in [6, 6.07) is 2.00. The number of fused-ring (bicyclic) bond motifs is 1. The minimum Gasteiger partial charge on any atom is -0.486 e. The Labute approximate surface area is 133 Å². The third-order valence-electron chi connectivity index (χ3n) is 3.86. The average Bonchev–Trinajstić information content (AvgIpc) is 2.53. The van der Waals surface area contributed by atoms with Crippen LogP contribution in [0, 0.1) is 10.1 Å². The van der Waals surface area contributed by atoms with E-state index >= 15 is 0 Å². The summed E-state index contributed by atoms with van der Waals surface area (Å²) >= 11 is 0. The number of sulfonamides is 1. The number of nitrogens with zero attached hydrogens (tertiary/aromatic N) is 2. The van der Waals surface area contributed by atoms with Crippen LogP contribution in [0.3, 0.4) is 0 Å². The highest BCUT2D eigenvalue weighted by molar-refractivity contribution is 7.89. The first-order valence-electron chi connectivity index (χ1n) is 7.23. The highest BCUT2D eigenvalue weighted by Crippen LogP contribution is 2.39. The van der Waals surface area contributed by atoms with Crippen molar-refractivity contribution in [3.05, 3.63) is 22.2 Å². The number of nitro groups is 1. The monoisotopic (exact) mass is 343 g/mol. The number of ether oxygens (including phenoxy) is 2. The van der Waals surface area contributed by atoms with E-state index in [0.717, 1.165) is 12.5 Å². The summed E-state index contributed by atoms with van der Waals surface area (Å²) in [5.41, 5.74) is 5.30. The van der Waals surface area contributed by atoms with Gasteiger partial charge >= 0.3 is 0 Å². The molecule has 0 saturated carbocycles. The molecule has 2 N–H and O–H groups in total. The van der Waals surface area contributed by atoms with Gasteiger partial charge in [-0.25, -0.2) is 8.42 Å². The molecule has 1 aromatic rings. The number of nitro benzene ring substituents is 1. The van der Waals surface area contributed by atoms with Gasteiger partial charge in [-0.3, -0.25) is 10.1 Å². The van der Waals surface area contributed by atoms with Gasteiger partial charge in [-0.1, -0.05) is 0 Å². The van der Waals surface area contributed by atoms with Gasteiger partial charge in [-0.15, -0.1) is 0 Å². The lowest BCUT2D eigenvalue weighted by Crippen LogP contribution is -2.45. The van der Waals surface area contributed by atoms with E-state index in [0.29, 0.717) is 13.0 Å². The molecule has 0 aromatic heterocycles. The molecule has 2 aliphatic heterocycles. The minimum atomic E-state index is -4.03. The van der Waals surface area contributed by atoms with Gasteiger partial charge in [0, 0.05) is 25.2 Å². The topological polar surface area (TPSA) is 125 Å². The number of benzene rings is 1. The van der Waals surface area contributed by atoms with E-state index < -0.39 is 20.6 Å². The Kier molecular flexibility index (Phi) is 4.13. The summed E-state index contributed by atoms with van der Waals surface area (Å²) in [5, 5.41) is 11.3. The molecule has 0 spiro atoms. The molecule has 0 bridgehead atoms. The fourth-order valence-electron chi connectivity index (χ4n) is 2.74. The van der Waals surface area contributed by atoms with Crippen LogP contribution >= 0.6 is 0 Å². The quantitative estimate of drug-likeness (QED) is 0.625. The van der Waals surface area contributed by atoms with Crippen molar-refractivity contribution >= 4 is 15.7 Å². The van der Waals surface area contributed by atoms with Crippen LogP contribution in [0.25, 0.3) is 0 Å². The zero-order valence-corrected chi connectivity index (χ0v) is 13.1. The van der Waals surface area contributed by atoms with E-state index in [-0.39, 0.29) is 42.2 Å². The molecule has 0 amide bonds. The summed E-state index contributed by atoms with van der Waals surface area (Å²) in [4.78, 5) is 10.2. The number of hydrogen-bond acceptors (Lipinski definition) is 7. The summed E-state index contributed by atoms with van der Waals surface area (Å²) in [5.74, 6) is 0.374. The van der Waals surface area contributed by atoms with Crippen molar-refractivity contribution in [2.75, 3.05) is 26.3 Å². The van der Waals surface area contributed by atoms with Crippen molar-refractivity contribution in [1.82, 2.24) is 4.31 Å². The van der Waals surface area contributed by atoms with E-state index in [4.69, 9.17) is 15.2 Å². The van der Waals surface area contributed by atoms with E-state index in [2.05, 4.69) is 0 Å². The molecule has 1 fully saturated rings. The van der Waals surface area contributed by atoms with Gasteiger partial charge in [0.15, 0.2) is 16.4 Å². The van der Waals surface area contributed by atoms with Crippen LogP contribution in [-0.2, 0) is 10.0 Å². The fraction of sp³-hybridized carbons (Fsp3) is 0.538. The molecule has 10 heteroatoms. The Hall–Kier alpha value is -1.91. The number of hydrogen-bond donors (Lipinski definition) is 1. The van der Waals surface area contributed by atoms with Gasteiger partial charge in [0.25, 0.3) is 5.69 Å². The van der Waals surface area contributed by atoms with E-state index in [1.807, 2.05) is 0 Å². The predicted octanol–water partition coefficient (Wildman–Crippen LogP) is 0.478. The molecule has 0 radical (unpaired) electrons. The van der Waals surface area contributed by atoms with Crippen molar-refractivity contribution in [3.63, 3.8) is 0 Å². The van der Waals surface area contributed by atoms with Crippen LogP contribution in [-0.4, -0.2) is 50.0 Å². The molecule has 1 atom stereocenters. The average molecular weight is 343 g/mol. The molecule has 9 nitrogen and oxygen atoms in total. The Morgan fingerprint density at radius 1 is 1.26 bits per heavy atom. The van der Waals surface area contributed by atoms with Crippen LogP contribution in [0.4, 0.5) is 5.69 Å². The Morgan fingerprint density at radius 3 is 2.52 bits per heavy atom. The standard InChI is InChI=1S/C13H17N3O6S/c14-9-2-1-3-15(8-9)23(19,20)13-7-12-11(21-4-5-22-12)6-10(13)16(17)18/h6-7,9H,1-5,8,14H2. The summed E-state index contributed by atoms with van der Waals surface area (Å²) in [7, 11) is -4.03. The number of rotatable bonds is 3. The molecule has 2 aliphatic rings. The SMILES string of the molecule is NC1CCCN(S(=O)(=O)c2cc3c(cc2[N+](=O)[O-])OCCO3)C1. The Morgan fingerprint density at radius 2 is 1.91 bits per heavy atom. The lowest BCUT2D eigenvalue weighted by molar-refractivity contribution is -0.388. The molecule has 23 heavy (non-hydrogen) atoms. The zero-order valence-electron chi connectivity index (χ0n) is 12.3. The van der Waals surface area contributed by atoms with Crippen molar-refractivity contribution in [3.8, 4) is 11.5 Å². The summed E-state index contributed by atoms with van der Waals surface area (Å²) < 4.78 is 37.5. The van der Waals surface area contributed by atoms with Crippen molar-refractivity contribution in [2.45, 2.75) is 23.8 Å². The summed E-state index contributed by atoms with van der Waals surface area (Å²) in [6.07, 6.45) is 1.36. The molecule has 3 rings (SSSR count). The zero-order chi connectivity index (χ0) is 16.6. The predicted molar refractivity (Wildman–Crippen MR) is 80.1 cm³/mol. The molecular weight excluding hydrogens is 326 g/mol.